The number of ether oxygens (including phenoxy) is 13. The SMILES string of the molecule is CCC(C)(C)C(=O)O.CCC(C)(C)C(=O)O.CCC(C)(C)C(=O)OC1(CC)CC2CC1C1C3CCC(C3)C21.CCC(C)(C)C(=O)OC12CC3CC(CC(O)(C3)C1)C2.CCC(C)(C)C(=O)OC12CC3CC(CC(O)(C3)C1)C2.CCC(C)(C)C(=O)OC1C2CC3C(=O)OC1C3O2.CCC(C)(C)C(=O)OC1C2CC3C(=O)OC1C3O2.CCC(C)(C)C(=O)OC1C2CC3C(=O)OC1C3O2.CCC1(OC(=O)C(C)(C)CC)CCCC1. The van der Waals surface area contributed by atoms with E-state index in [-0.39, 0.29) is 147 Å². The van der Waals surface area contributed by atoms with Crippen LogP contribution in [0.1, 0.15) is 426 Å². The molecule has 0 amide bonds. The van der Waals surface area contributed by atoms with Crippen molar-refractivity contribution in [1.29, 1.82) is 0 Å². The molecule has 29 heteroatoms. The highest BCUT2D eigenvalue weighted by Gasteiger charge is 2.72. The van der Waals surface area contributed by atoms with E-state index >= 15 is 0 Å². The summed E-state index contributed by atoms with van der Waals surface area (Å²) in [6.45, 7) is 55.9. The summed E-state index contributed by atoms with van der Waals surface area (Å²) in [5.41, 5.74) is -6.19. The van der Waals surface area contributed by atoms with E-state index in [9.17, 15) is 67.7 Å². The molecule has 0 aromatic rings. The maximum absolute atomic E-state index is 12.7. The lowest BCUT2D eigenvalue weighted by atomic mass is 9.52. The lowest BCUT2D eigenvalue weighted by molar-refractivity contribution is -0.226. The van der Waals surface area contributed by atoms with Gasteiger partial charge in [-0.3, -0.25) is 57.5 Å². The summed E-state index contributed by atoms with van der Waals surface area (Å²) in [6, 6.07) is 0. The highest BCUT2D eigenvalue weighted by molar-refractivity contribution is 5.82. The lowest BCUT2D eigenvalue weighted by Crippen LogP contribution is -2.61. The van der Waals surface area contributed by atoms with Gasteiger partial charge in [-0.2, -0.15) is 0 Å². The van der Waals surface area contributed by atoms with Crippen molar-refractivity contribution in [3.63, 3.8) is 0 Å². The van der Waals surface area contributed by atoms with Crippen molar-refractivity contribution in [3.05, 3.63) is 0 Å². The summed E-state index contributed by atoms with van der Waals surface area (Å²) in [7, 11) is 0. The van der Waals surface area contributed by atoms with Crippen molar-refractivity contribution in [2.24, 2.45) is 126 Å². The monoisotopic (exact) mass is 2040 g/mol. The molecular weight excluding hydrogens is 1860 g/mol. The average Bonchev–Trinajstić information content (AvgIpc) is 1.52. The molecule has 22 aliphatic rings. The quantitative estimate of drug-likeness (QED) is 0.0337. The van der Waals surface area contributed by atoms with Gasteiger partial charge in [-0.05, 0) is 390 Å². The molecule has 0 aromatic heterocycles. The van der Waals surface area contributed by atoms with E-state index in [0.717, 1.165) is 139 Å². The van der Waals surface area contributed by atoms with Gasteiger partial charge in [0.05, 0.1) is 96.0 Å². The van der Waals surface area contributed by atoms with Crippen LogP contribution >= 0.6 is 0 Å². The Kier molecular flexibility index (Phi) is 35.2. The van der Waals surface area contributed by atoms with Crippen LogP contribution in [0.2, 0.25) is 0 Å². The van der Waals surface area contributed by atoms with E-state index in [1.54, 1.807) is 27.7 Å². The van der Waals surface area contributed by atoms with Gasteiger partial charge in [0.25, 0.3) is 0 Å². The van der Waals surface area contributed by atoms with Crippen LogP contribution in [-0.4, -0.2) is 199 Å². The van der Waals surface area contributed by atoms with E-state index in [4.69, 9.17) is 71.8 Å². The van der Waals surface area contributed by atoms with Gasteiger partial charge >= 0.3 is 71.6 Å². The van der Waals surface area contributed by atoms with Crippen LogP contribution in [0.4, 0.5) is 0 Å². The summed E-state index contributed by atoms with van der Waals surface area (Å²) >= 11 is 0. The lowest BCUT2D eigenvalue weighted by Gasteiger charge is -2.59. The molecular formula is C116H186O29. The summed E-state index contributed by atoms with van der Waals surface area (Å²) < 4.78 is 73.4. The number of aliphatic hydroxyl groups is 2. The molecule has 18 bridgehead atoms. The Bertz CT molecular complexity index is 4340. The minimum Gasteiger partial charge on any atom is -0.481 e. The highest BCUT2D eigenvalue weighted by Crippen LogP contribution is 2.72. The largest absolute Gasteiger partial charge is 0.481 e. The van der Waals surface area contributed by atoms with Gasteiger partial charge < -0.3 is 82.0 Å². The van der Waals surface area contributed by atoms with Crippen molar-refractivity contribution < 1.29 is 140 Å². The molecule has 26 unspecified atom stereocenters. The number of aliphatic carboxylic acids is 2. The molecule has 9 heterocycles. The molecule has 145 heavy (non-hydrogen) atoms. The van der Waals surface area contributed by atoms with Crippen LogP contribution < -0.4 is 0 Å². The molecule has 824 valence electrons. The second-order valence-electron chi connectivity index (χ2n) is 53.8. The zero-order chi connectivity index (χ0) is 108. The molecule has 0 radical (unpaired) electrons. The van der Waals surface area contributed by atoms with Crippen LogP contribution in [0.5, 0.6) is 0 Å². The maximum atomic E-state index is 12.7. The normalized spacial score (nSPS) is 37.7. The van der Waals surface area contributed by atoms with Gasteiger partial charge in [-0.1, -0.05) is 76.2 Å². The first-order chi connectivity index (χ1) is 67.2. The number of fused-ring (bicyclic) bond motifs is 12. The third-order valence-corrected chi connectivity index (χ3v) is 39.9. The van der Waals surface area contributed by atoms with E-state index in [2.05, 4.69) is 20.8 Å². The number of carbonyl (C=O) groups is 12. The number of hydrogen-bond acceptors (Lipinski definition) is 27. The van der Waals surface area contributed by atoms with Crippen LogP contribution in [0.15, 0.2) is 0 Å². The summed E-state index contributed by atoms with van der Waals surface area (Å²) in [6.07, 6.45) is 29.8. The number of carbonyl (C=O) groups excluding carboxylic acids is 10. The fourth-order valence-corrected chi connectivity index (χ4v) is 27.0. The minimum atomic E-state index is -0.722. The Balaban J connectivity index is 0.000000147. The van der Waals surface area contributed by atoms with Gasteiger partial charge in [0, 0.05) is 18.8 Å². The van der Waals surface area contributed by atoms with E-state index < -0.39 is 97.7 Å². The molecule has 0 aromatic carbocycles. The van der Waals surface area contributed by atoms with Gasteiger partial charge in [0.2, 0.25) is 0 Å². The second-order valence-corrected chi connectivity index (χ2v) is 53.8. The van der Waals surface area contributed by atoms with Crippen LogP contribution in [0.3, 0.4) is 0 Å². The molecule has 9 aliphatic heterocycles. The first kappa shape index (κ1) is 117. The fraction of sp³-hybridized carbons (Fsp3) is 0.897. The Hall–Kier alpha value is -6.56. The van der Waals surface area contributed by atoms with E-state index in [1.807, 2.05) is 152 Å². The third kappa shape index (κ3) is 24.4. The summed E-state index contributed by atoms with van der Waals surface area (Å²) in [5, 5.41) is 38.2. The van der Waals surface area contributed by atoms with Crippen molar-refractivity contribution in [1.82, 2.24) is 0 Å². The molecule has 29 nitrogen and oxygen atoms in total. The third-order valence-electron chi connectivity index (χ3n) is 39.9. The Morgan fingerprint density at radius 3 is 0.869 bits per heavy atom. The fourth-order valence-electron chi connectivity index (χ4n) is 27.0. The van der Waals surface area contributed by atoms with Gasteiger partial charge in [0.15, 0.2) is 36.6 Å². The molecule has 22 rings (SSSR count). The number of rotatable bonds is 27. The minimum absolute atomic E-state index is 0.0197. The smallest absolute Gasteiger partial charge is 0.312 e. The molecule has 22 fully saturated rings. The first-order valence-electron chi connectivity index (χ1n) is 56.3. The van der Waals surface area contributed by atoms with Gasteiger partial charge in [-0.25, -0.2) is 0 Å². The number of carboxylic acid groups (broad SMARTS) is 2. The first-order valence-corrected chi connectivity index (χ1v) is 56.3. The zero-order valence-corrected chi connectivity index (χ0v) is 93.7. The number of esters is 10. The highest BCUT2D eigenvalue weighted by atomic mass is 16.7. The molecule has 9 saturated heterocycles. The van der Waals surface area contributed by atoms with Crippen molar-refractivity contribution in [3.8, 4) is 0 Å². The van der Waals surface area contributed by atoms with Gasteiger partial charge in [-0.15, -0.1) is 0 Å². The topological polar surface area (TPSA) is 406 Å². The van der Waals surface area contributed by atoms with Crippen LogP contribution in [0, 0.1) is 126 Å². The molecule has 13 saturated carbocycles. The van der Waals surface area contributed by atoms with Crippen molar-refractivity contribution in [2.75, 3.05) is 0 Å². The predicted molar refractivity (Wildman–Crippen MR) is 539 cm³/mol. The zero-order valence-electron chi connectivity index (χ0n) is 93.7. The standard InChI is InChI=1S/C20H32O2.2C16H26O3.3C13H18O5.C13H24O2.2C6H12O2/c1-5-19(3,4)18(21)22-20(6-2)11-14-10-15(20)17-13-8-7-12(9-13)16(14)17;2*1-4-14(2,3)13(17)19-16-8-11-5-12(9-16)7-15(18,6-11)10-16;3*1-4-13(2,3)12(15)18-9-7-5-6-8(16-7)10(9)17-11(6)14;1-5-12(3,4)11(14)15-13(6-2)9-7-8-10-13;2*1-4-6(2,3)5(7)8/h12-17H,5-11H2,1-4H3;2*11-12,18H,4-10H2,1-3H3;3*6-10H,4-5H2,1-3H3;5-10H2,1-4H3;2*4H2,1-3H3,(H,7,8). The summed E-state index contributed by atoms with van der Waals surface area (Å²) in [4.78, 5) is 141. The van der Waals surface area contributed by atoms with E-state index in [0.29, 0.717) is 93.8 Å². The van der Waals surface area contributed by atoms with Crippen molar-refractivity contribution in [2.45, 2.75) is 532 Å². The Morgan fingerprint density at radius 1 is 0.317 bits per heavy atom. The van der Waals surface area contributed by atoms with Crippen molar-refractivity contribution >= 4 is 71.6 Å². The van der Waals surface area contributed by atoms with Gasteiger partial charge in [0.1, 0.15) is 40.7 Å². The summed E-state index contributed by atoms with van der Waals surface area (Å²) in [5.74, 6) is 4.22. The number of hydrogen-bond donors (Lipinski definition) is 4. The Morgan fingerprint density at radius 2 is 0.600 bits per heavy atom. The maximum Gasteiger partial charge on any atom is 0.312 e. The van der Waals surface area contributed by atoms with Crippen LogP contribution in [-0.2, 0) is 119 Å². The van der Waals surface area contributed by atoms with Crippen LogP contribution in [0.25, 0.3) is 0 Å². The second kappa shape index (κ2) is 43.5. The van der Waals surface area contributed by atoms with E-state index in [1.165, 1.54) is 51.4 Å². The molecule has 26 atom stereocenters. The Labute approximate surface area is 864 Å². The molecule has 13 aliphatic carbocycles. The number of carboxylic acids is 2. The molecule has 0 spiro atoms. The average molecular weight is 2040 g/mol. The molecule has 4 N–H and O–H groups in total. The predicted octanol–water partition coefficient (Wildman–Crippen LogP) is 20.8.